The Kier molecular flexibility index (Phi) is 5.67. The van der Waals surface area contributed by atoms with Crippen LogP contribution < -0.4 is 5.56 Å². The van der Waals surface area contributed by atoms with E-state index in [0.717, 1.165) is 0 Å². The van der Waals surface area contributed by atoms with Crippen LogP contribution in [0.3, 0.4) is 0 Å². The van der Waals surface area contributed by atoms with Gasteiger partial charge in [-0.2, -0.15) is 0 Å². The lowest BCUT2D eigenvalue weighted by atomic mass is 10.2. The highest BCUT2D eigenvalue weighted by molar-refractivity contribution is 8.00. The molecule has 0 saturated carbocycles. The third-order valence-electron chi connectivity index (χ3n) is 4.50. The minimum absolute atomic E-state index is 0.0347. The molecule has 26 heavy (non-hydrogen) atoms. The van der Waals surface area contributed by atoms with E-state index in [1.165, 1.54) is 11.8 Å². The van der Waals surface area contributed by atoms with Crippen molar-refractivity contribution in [3.8, 4) is 0 Å². The summed E-state index contributed by atoms with van der Waals surface area (Å²) in [7, 11) is 0. The quantitative estimate of drug-likeness (QED) is 0.607. The van der Waals surface area contributed by atoms with Crippen LogP contribution in [0.5, 0.6) is 0 Å². The molecule has 0 radical (unpaired) electrons. The predicted octanol–water partition coefficient (Wildman–Crippen LogP) is 2.53. The van der Waals surface area contributed by atoms with Gasteiger partial charge in [0.1, 0.15) is 0 Å². The highest BCUT2D eigenvalue weighted by Gasteiger charge is 2.30. The van der Waals surface area contributed by atoms with Gasteiger partial charge in [-0.15, -0.1) is 0 Å². The van der Waals surface area contributed by atoms with E-state index >= 15 is 0 Å². The van der Waals surface area contributed by atoms with Gasteiger partial charge in [-0.25, -0.2) is 4.98 Å². The second kappa shape index (κ2) is 7.80. The zero-order chi connectivity index (χ0) is 18.8. The smallest absolute Gasteiger partial charge is 0.262 e. The van der Waals surface area contributed by atoms with Gasteiger partial charge in [0.2, 0.25) is 5.91 Å². The molecule has 1 aromatic carbocycles. The Labute approximate surface area is 157 Å². The lowest BCUT2D eigenvalue weighted by Crippen LogP contribution is -2.50. The maximum Gasteiger partial charge on any atom is 0.262 e. The molecule has 1 aliphatic rings. The van der Waals surface area contributed by atoms with Gasteiger partial charge >= 0.3 is 0 Å². The number of carbonyl (C=O) groups is 1. The summed E-state index contributed by atoms with van der Waals surface area (Å²) in [5, 5.41) is 0.873. The Morgan fingerprint density at radius 2 is 1.96 bits per heavy atom. The first-order chi connectivity index (χ1) is 12.4. The van der Waals surface area contributed by atoms with Gasteiger partial charge in [-0.05, 0) is 39.8 Å². The minimum atomic E-state index is -0.321. The first kappa shape index (κ1) is 18.9. The molecule has 6 nitrogen and oxygen atoms in total. The molecule has 3 unspecified atom stereocenters. The average Bonchev–Trinajstić information content (AvgIpc) is 2.60. The van der Waals surface area contributed by atoms with E-state index < -0.39 is 0 Å². The normalized spacial score (nSPS) is 21.8. The molecule has 2 aromatic rings. The number of benzene rings is 1. The first-order valence-corrected chi connectivity index (χ1v) is 9.89. The van der Waals surface area contributed by atoms with Crippen LogP contribution in [0.2, 0.25) is 0 Å². The zero-order valence-electron chi connectivity index (χ0n) is 15.6. The number of nitrogens with zero attached hydrogens (tertiary/aromatic N) is 3. The zero-order valence-corrected chi connectivity index (χ0v) is 16.5. The van der Waals surface area contributed by atoms with E-state index in [9.17, 15) is 9.59 Å². The van der Waals surface area contributed by atoms with Crippen molar-refractivity contribution in [1.29, 1.82) is 0 Å². The van der Waals surface area contributed by atoms with E-state index in [4.69, 9.17) is 4.74 Å². The van der Waals surface area contributed by atoms with Gasteiger partial charge in [0.15, 0.2) is 5.16 Å². The minimum Gasteiger partial charge on any atom is -0.372 e. The maximum atomic E-state index is 12.9. The molecule has 7 heteroatoms. The van der Waals surface area contributed by atoms with E-state index in [0.29, 0.717) is 35.7 Å². The molecule has 0 bridgehead atoms. The van der Waals surface area contributed by atoms with Crippen molar-refractivity contribution < 1.29 is 9.53 Å². The second-order valence-electron chi connectivity index (χ2n) is 6.72. The van der Waals surface area contributed by atoms with Gasteiger partial charge in [0.25, 0.3) is 5.56 Å². The molecule has 0 aliphatic carbocycles. The number of rotatable bonds is 4. The number of morpholine rings is 1. The fraction of sp³-hybridized carbons (Fsp3) is 0.526. The monoisotopic (exact) mass is 375 g/mol. The van der Waals surface area contributed by atoms with Crippen molar-refractivity contribution in [2.45, 2.75) is 56.9 Å². The number of fused-ring (bicyclic) bond motifs is 1. The Morgan fingerprint density at radius 1 is 1.31 bits per heavy atom. The number of thioether (sulfide) groups is 1. The number of ether oxygens (including phenoxy) is 1. The molecule has 0 spiro atoms. The van der Waals surface area contributed by atoms with Gasteiger partial charge < -0.3 is 9.64 Å². The van der Waals surface area contributed by atoms with Crippen molar-refractivity contribution >= 4 is 28.6 Å². The molecule has 3 atom stereocenters. The molecule has 3 rings (SSSR count). The van der Waals surface area contributed by atoms with Crippen LogP contribution in [-0.4, -0.2) is 50.9 Å². The third-order valence-corrected chi connectivity index (χ3v) is 5.58. The van der Waals surface area contributed by atoms with Crippen molar-refractivity contribution in [2.75, 3.05) is 13.1 Å². The number of aromatic nitrogens is 2. The molecule has 2 heterocycles. The van der Waals surface area contributed by atoms with Crippen molar-refractivity contribution in [2.24, 2.45) is 0 Å². The molecule has 1 saturated heterocycles. The number of para-hydroxylation sites is 1. The van der Waals surface area contributed by atoms with Crippen molar-refractivity contribution in [3.63, 3.8) is 0 Å². The maximum absolute atomic E-state index is 12.9. The number of carbonyl (C=O) groups excluding carboxylic acids is 1. The van der Waals surface area contributed by atoms with E-state index in [1.54, 1.807) is 10.6 Å². The third kappa shape index (κ3) is 3.78. The largest absolute Gasteiger partial charge is 0.372 e. The topological polar surface area (TPSA) is 64.4 Å². The number of hydrogen-bond donors (Lipinski definition) is 0. The average molecular weight is 375 g/mol. The fourth-order valence-corrected chi connectivity index (χ4v) is 4.40. The lowest BCUT2D eigenvalue weighted by Gasteiger charge is -2.36. The van der Waals surface area contributed by atoms with Crippen molar-refractivity contribution in [1.82, 2.24) is 14.5 Å². The molecule has 1 amide bonds. The van der Waals surface area contributed by atoms with E-state index in [-0.39, 0.29) is 28.9 Å². The Hall–Kier alpha value is -1.86. The molecular weight excluding hydrogens is 350 g/mol. The van der Waals surface area contributed by atoms with Crippen LogP contribution in [0.1, 0.15) is 27.7 Å². The standard InChI is InChI=1S/C19H25N3O3S/c1-5-22-18(24)15-8-6-7-9-16(15)20-19(22)26-14(4)17(23)21-10-12(2)25-13(3)11-21/h6-9,12-14H,5,10-11H2,1-4H3. The predicted molar refractivity (Wildman–Crippen MR) is 104 cm³/mol. The molecule has 1 aromatic heterocycles. The molecule has 0 N–H and O–H groups in total. The number of hydrogen-bond acceptors (Lipinski definition) is 5. The summed E-state index contributed by atoms with van der Waals surface area (Å²) in [6, 6.07) is 7.32. The van der Waals surface area contributed by atoms with Gasteiger partial charge in [0.05, 0.1) is 28.4 Å². The van der Waals surface area contributed by atoms with Crippen molar-refractivity contribution in [3.05, 3.63) is 34.6 Å². The highest BCUT2D eigenvalue weighted by atomic mass is 32.2. The van der Waals surface area contributed by atoms with Gasteiger partial charge in [-0.3, -0.25) is 14.2 Å². The van der Waals surface area contributed by atoms with Crippen LogP contribution >= 0.6 is 11.8 Å². The SMILES string of the molecule is CCn1c(SC(C)C(=O)N2CC(C)OC(C)C2)nc2ccccc2c1=O. The highest BCUT2D eigenvalue weighted by Crippen LogP contribution is 2.25. The van der Waals surface area contributed by atoms with Crippen LogP contribution in [0.15, 0.2) is 34.2 Å². The molecule has 1 fully saturated rings. The van der Waals surface area contributed by atoms with Crippen LogP contribution in [0, 0.1) is 0 Å². The Balaban J connectivity index is 1.86. The summed E-state index contributed by atoms with van der Waals surface area (Å²) in [4.78, 5) is 32.1. The summed E-state index contributed by atoms with van der Waals surface area (Å²) >= 11 is 1.35. The van der Waals surface area contributed by atoms with Gasteiger partial charge in [0, 0.05) is 19.6 Å². The molecule has 140 valence electrons. The number of amides is 1. The summed E-state index contributed by atoms with van der Waals surface area (Å²) in [5.41, 5.74) is 0.604. The van der Waals surface area contributed by atoms with E-state index in [2.05, 4.69) is 4.98 Å². The summed E-state index contributed by atoms with van der Waals surface area (Å²) < 4.78 is 7.35. The summed E-state index contributed by atoms with van der Waals surface area (Å²) in [6.07, 6.45) is 0.0695. The van der Waals surface area contributed by atoms with Crippen LogP contribution in [0.4, 0.5) is 0 Å². The summed E-state index contributed by atoms with van der Waals surface area (Å²) in [5.74, 6) is 0.0575. The van der Waals surface area contributed by atoms with Crippen LogP contribution in [0.25, 0.3) is 10.9 Å². The first-order valence-electron chi connectivity index (χ1n) is 9.01. The fourth-order valence-electron chi connectivity index (χ4n) is 3.34. The lowest BCUT2D eigenvalue weighted by molar-refractivity contribution is -0.142. The van der Waals surface area contributed by atoms with Crippen LogP contribution in [-0.2, 0) is 16.1 Å². The van der Waals surface area contributed by atoms with E-state index in [1.807, 2.05) is 50.8 Å². The summed E-state index contributed by atoms with van der Waals surface area (Å²) in [6.45, 7) is 9.46. The Bertz CT molecular complexity index is 857. The second-order valence-corrected chi connectivity index (χ2v) is 8.03. The van der Waals surface area contributed by atoms with Gasteiger partial charge in [-0.1, -0.05) is 23.9 Å². The molecule has 1 aliphatic heterocycles. The molecular formula is C19H25N3O3S. The Morgan fingerprint density at radius 3 is 2.62 bits per heavy atom.